The number of carbonyl (C=O) groups excluding carboxylic acids is 1. The van der Waals surface area contributed by atoms with Crippen molar-refractivity contribution in [1.82, 2.24) is 0 Å². The second-order valence-electron chi connectivity index (χ2n) is 2.46. The van der Waals surface area contributed by atoms with Gasteiger partial charge in [-0.05, 0) is 0 Å². The second kappa shape index (κ2) is 2.18. The van der Waals surface area contributed by atoms with Crippen molar-refractivity contribution in [2.24, 2.45) is 5.92 Å². The van der Waals surface area contributed by atoms with E-state index in [-0.39, 0.29) is 13.0 Å². The van der Waals surface area contributed by atoms with Crippen LogP contribution in [0.4, 0.5) is 8.78 Å². The molecule has 1 atom stereocenters. The monoisotopic (exact) mass is 150 g/mol. The molecule has 1 aliphatic rings. The Morgan fingerprint density at radius 3 is 2.60 bits per heavy atom. The molecule has 58 valence electrons. The van der Waals surface area contributed by atoms with Gasteiger partial charge in [-0.3, -0.25) is 4.79 Å². The minimum Gasteiger partial charge on any atom is -0.465 e. The number of carbonyl (C=O) groups is 1. The molecule has 0 N–H and O–H groups in total. The maximum Gasteiger partial charge on any atom is 0.302 e. The predicted molar refractivity (Wildman–Crippen MR) is 29.7 cm³/mol. The fraction of sp³-hybridized carbons (Fsp3) is 0.833. The number of esters is 1. The summed E-state index contributed by atoms with van der Waals surface area (Å²) < 4.78 is 28.5. The normalized spacial score (nSPS) is 27.7. The summed E-state index contributed by atoms with van der Waals surface area (Å²) >= 11 is 0. The van der Waals surface area contributed by atoms with Gasteiger partial charge in [0.25, 0.3) is 5.92 Å². The molecular formula is C6H8F2O2. The zero-order chi connectivity index (χ0) is 7.78. The average molecular weight is 150 g/mol. The Morgan fingerprint density at radius 2 is 2.30 bits per heavy atom. The van der Waals surface area contributed by atoms with Crippen molar-refractivity contribution in [2.75, 3.05) is 6.61 Å². The van der Waals surface area contributed by atoms with E-state index in [1.165, 1.54) is 6.92 Å². The Labute approximate surface area is 57.2 Å². The summed E-state index contributed by atoms with van der Waals surface area (Å²) in [5, 5.41) is 0. The molecule has 1 unspecified atom stereocenters. The standard InChI is InChI=1S/C6H8F2O2/c1-4(9)10-3-5-2-6(5,7)8/h5H,2-3H2,1H3. The van der Waals surface area contributed by atoms with Crippen molar-refractivity contribution in [3.05, 3.63) is 0 Å². The summed E-state index contributed by atoms with van der Waals surface area (Å²) in [7, 11) is 0. The molecule has 1 aliphatic carbocycles. The van der Waals surface area contributed by atoms with Crippen LogP contribution in [-0.2, 0) is 9.53 Å². The van der Waals surface area contributed by atoms with E-state index in [0.29, 0.717) is 0 Å². The predicted octanol–water partition coefficient (Wildman–Crippen LogP) is 1.20. The lowest BCUT2D eigenvalue weighted by atomic mass is 10.4. The molecule has 0 spiro atoms. The highest BCUT2D eigenvalue weighted by molar-refractivity contribution is 5.65. The smallest absolute Gasteiger partial charge is 0.302 e. The largest absolute Gasteiger partial charge is 0.465 e. The number of halogens is 2. The Hall–Kier alpha value is -0.670. The first kappa shape index (κ1) is 7.44. The lowest BCUT2D eigenvalue weighted by molar-refractivity contribution is -0.142. The molecule has 0 radical (unpaired) electrons. The molecule has 0 aliphatic heterocycles. The van der Waals surface area contributed by atoms with Gasteiger partial charge in [0.05, 0.1) is 5.92 Å². The molecule has 10 heavy (non-hydrogen) atoms. The molecule has 2 nitrogen and oxygen atoms in total. The lowest BCUT2D eigenvalue weighted by Crippen LogP contribution is -2.06. The van der Waals surface area contributed by atoms with E-state index in [1.807, 2.05) is 0 Å². The van der Waals surface area contributed by atoms with E-state index >= 15 is 0 Å². The van der Waals surface area contributed by atoms with Gasteiger partial charge in [0.1, 0.15) is 6.61 Å². The van der Waals surface area contributed by atoms with Gasteiger partial charge in [-0.25, -0.2) is 8.78 Å². The summed E-state index contributed by atoms with van der Waals surface area (Å²) in [5.74, 6) is -3.80. The molecule has 1 rings (SSSR count). The van der Waals surface area contributed by atoms with Crippen LogP contribution < -0.4 is 0 Å². The third-order valence-corrected chi connectivity index (χ3v) is 1.44. The van der Waals surface area contributed by atoms with Gasteiger partial charge < -0.3 is 4.74 Å². The van der Waals surface area contributed by atoms with E-state index in [2.05, 4.69) is 4.74 Å². The quantitative estimate of drug-likeness (QED) is 0.553. The van der Waals surface area contributed by atoms with Crippen molar-refractivity contribution in [2.45, 2.75) is 19.3 Å². The van der Waals surface area contributed by atoms with Crippen LogP contribution in [0.5, 0.6) is 0 Å². The van der Waals surface area contributed by atoms with Gasteiger partial charge in [-0.15, -0.1) is 0 Å². The molecule has 1 fully saturated rings. The molecular weight excluding hydrogens is 142 g/mol. The third kappa shape index (κ3) is 1.65. The molecule has 0 aromatic carbocycles. The van der Waals surface area contributed by atoms with E-state index in [0.717, 1.165) is 0 Å². The van der Waals surface area contributed by atoms with Crippen LogP contribution in [0.3, 0.4) is 0 Å². The SMILES string of the molecule is CC(=O)OCC1CC1(F)F. The van der Waals surface area contributed by atoms with Crippen LogP contribution in [0.1, 0.15) is 13.3 Å². The Bertz CT molecular complexity index is 156. The summed E-state index contributed by atoms with van der Waals surface area (Å²) in [6.45, 7) is 1.07. The van der Waals surface area contributed by atoms with Crippen molar-refractivity contribution in [1.29, 1.82) is 0 Å². The van der Waals surface area contributed by atoms with Gasteiger partial charge in [0, 0.05) is 13.3 Å². The Kier molecular flexibility index (Phi) is 1.62. The van der Waals surface area contributed by atoms with Crippen LogP contribution in [0.25, 0.3) is 0 Å². The first-order chi connectivity index (χ1) is 4.52. The highest BCUT2D eigenvalue weighted by Gasteiger charge is 2.57. The lowest BCUT2D eigenvalue weighted by Gasteiger charge is -1.98. The molecule has 1 saturated carbocycles. The zero-order valence-corrected chi connectivity index (χ0v) is 5.56. The number of rotatable bonds is 2. The number of alkyl halides is 2. The summed E-state index contributed by atoms with van der Waals surface area (Å²) in [6.07, 6.45) is -0.139. The number of hydrogen-bond acceptors (Lipinski definition) is 2. The first-order valence-electron chi connectivity index (χ1n) is 3.03. The summed E-state index contributed by atoms with van der Waals surface area (Å²) in [5.41, 5.74) is 0. The highest BCUT2D eigenvalue weighted by Crippen LogP contribution is 2.48. The van der Waals surface area contributed by atoms with Gasteiger partial charge in [0.2, 0.25) is 0 Å². The second-order valence-corrected chi connectivity index (χ2v) is 2.46. The topological polar surface area (TPSA) is 26.3 Å². The Morgan fingerprint density at radius 1 is 1.80 bits per heavy atom. The molecule has 0 bridgehead atoms. The van der Waals surface area contributed by atoms with Crippen LogP contribution >= 0.6 is 0 Å². The van der Waals surface area contributed by atoms with E-state index in [4.69, 9.17) is 0 Å². The minimum absolute atomic E-state index is 0.137. The third-order valence-electron chi connectivity index (χ3n) is 1.44. The molecule has 0 aromatic rings. The number of ether oxygens (including phenoxy) is 1. The fourth-order valence-electron chi connectivity index (χ4n) is 0.668. The summed E-state index contributed by atoms with van der Waals surface area (Å²) in [4.78, 5) is 10.1. The van der Waals surface area contributed by atoms with E-state index in [9.17, 15) is 13.6 Å². The fourth-order valence-corrected chi connectivity index (χ4v) is 0.668. The molecule has 0 heterocycles. The van der Waals surface area contributed by atoms with Gasteiger partial charge in [0.15, 0.2) is 0 Å². The van der Waals surface area contributed by atoms with Crippen LogP contribution in [0.2, 0.25) is 0 Å². The van der Waals surface area contributed by atoms with Crippen molar-refractivity contribution in [3.63, 3.8) is 0 Å². The van der Waals surface area contributed by atoms with Crippen LogP contribution in [0, 0.1) is 5.92 Å². The van der Waals surface area contributed by atoms with Crippen molar-refractivity contribution in [3.8, 4) is 0 Å². The van der Waals surface area contributed by atoms with E-state index in [1.54, 1.807) is 0 Å². The highest BCUT2D eigenvalue weighted by atomic mass is 19.3. The maximum atomic E-state index is 12.1. The van der Waals surface area contributed by atoms with Crippen LogP contribution in [-0.4, -0.2) is 18.5 Å². The first-order valence-corrected chi connectivity index (χ1v) is 3.03. The van der Waals surface area contributed by atoms with Crippen molar-refractivity contribution < 1.29 is 18.3 Å². The molecule has 0 amide bonds. The molecule has 4 heteroatoms. The van der Waals surface area contributed by atoms with E-state index < -0.39 is 17.8 Å². The van der Waals surface area contributed by atoms with Crippen molar-refractivity contribution >= 4 is 5.97 Å². The Balaban J connectivity index is 2.13. The zero-order valence-electron chi connectivity index (χ0n) is 5.56. The molecule has 0 aromatic heterocycles. The van der Waals surface area contributed by atoms with Gasteiger partial charge in [-0.2, -0.15) is 0 Å². The van der Waals surface area contributed by atoms with Crippen LogP contribution in [0.15, 0.2) is 0 Å². The minimum atomic E-state index is -2.57. The van der Waals surface area contributed by atoms with Gasteiger partial charge in [-0.1, -0.05) is 0 Å². The van der Waals surface area contributed by atoms with Gasteiger partial charge >= 0.3 is 5.97 Å². The molecule has 0 saturated heterocycles. The average Bonchev–Trinajstić information content (AvgIpc) is 2.35. The maximum absolute atomic E-state index is 12.1. The number of hydrogen-bond donors (Lipinski definition) is 0. The summed E-state index contributed by atoms with van der Waals surface area (Å²) in [6, 6.07) is 0.